The molecule has 3 atom stereocenters. The zero-order chi connectivity index (χ0) is 17.4. The van der Waals surface area contributed by atoms with Gasteiger partial charge in [0.2, 0.25) is 17.7 Å². The Morgan fingerprint density at radius 1 is 1.04 bits per heavy atom. The summed E-state index contributed by atoms with van der Waals surface area (Å²) in [6.45, 7) is 5.52. The van der Waals surface area contributed by atoms with Gasteiger partial charge in [0.05, 0.1) is 11.8 Å². The first kappa shape index (κ1) is 16.4. The zero-order valence-corrected chi connectivity index (χ0v) is 14.2. The van der Waals surface area contributed by atoms with Gasteiger partial charge in [-0.2, -0.15) is 0 Å². The van der Waals surface area contributed by atoms with Crippen molar-refractivity contribution < 1.29 is 14.4 Å². The Hall–Kier alpha value is -2.43. The summed E-state index contributed by atoms with van der Waals surface area (Å²) >= 11 is 0. The van der Waals surface area contributed by atoms with Crippen molar-refractivity contribution in [3.63, 3.8) is 0 Å². The zero-order valence-electron chi connectivity index (χ0n) is 14.2. The van der Waals surface area contributed by atoms with Crippen molar-refractivity contribution >= 4 is 23.4 Å². The summed E-state index contributed by atoms with van der Waals surface area (Å²) in [6.07, 6.45) is 5.04. The number of nitrogens with zero attached hydrogens (tertiary/aromatic N) is 1. The number of hydrogen-bond donors (Lipinski definition) is 1. The predicted octanol–water partition coefficient (Wildman–Crippen LogP) is 2.58. The molecule has 126 valence electrons. The topological polar surface area (TPSA) is 66.5 Å². The molecular weight excluding hydrogens is 304 g/mol. The van der Waals surface area contributed by atoms with E-state index in [0.29, 0.717) is 18.5 Å². The number of carbonyl (C=O) groups excluding carboxylic acids is 3. The molecular formula is C19H22N2O3. The molecule has 1 N–H and O–H groups in total. The second kappa shape index (κ2) is 6.23. The Bertz CT molecular complexity index is 692. The van der Waals surface area contributed by atoms with E-state index < -0.39 is 6.04 Å². The van der Waals surface area contributed by atoms with E-state index in [1.165, 1.54) is 0 Å². The van der Waals surface area contributed by atoms with Crippen LogP contribution in [0.5, 0.6) is 0 Å². The van der Waals surface area contributed by atoms with Crippen LogP contribution in [0.3, 0.4) is 0 Å². The Labute approximate surface area is 141 Å². The van der Waals surface area contributed by atoms with E-state index >= 15 is 0 Å². The van der Waals surface area contributed by atoms with E-state index in [1.54, 1.807) is 6.92 Å². The molecule has 5 nitrogen and oxygen atoms in total. The highest BCUT2D eigenvalue weighted by Gasteiger charge is 2.50. The quantitative estimate of drug-likeness (QED) is 0.686. The van der Waals surface area contributed by atoms with Crippen molar-refractivity contribution in [3.8, 4) is 0 Å². The number of allylic oxidation sites excluding steroid dienone is 2. The first-order chi connectivity index (χ1) is 11.4. The van der Waals surface area contributed by atoms with E-state index in [1.807, 2.05) is 44.2 Å². The van der Waals surface area contributed by atoms with Crippen LogP contribution < -0.4 is 5.32 Å². The molecule has 0 bridgehead atoms. The van der Waals surface area contributed by atoms with Gasteiger partial charge in [0.25, 0.3) is 0 Å². The van der Waals surface area contributed by atoms with Crippen LogP contribution in [-0.2, 0) is 14.4 Å². The van der Waals surface area contributed by atoms with Gasteiger partial charge in [-0.1, -0.05) is 18.2 Å². The van der Waals surface area contributed by atoms with Crippen molar-refractivity contribution in [3.05, 3.63) is 41.5 Å². The third-order valence-electron chi connectivity index (χ3n) is 4.80. The molecule has 1 saturated heterocycles. The maximum atomic E-state index is 12.5. The number of benzene rings is 1. The third-order valence-corrected chi connectivity index (χ3v) is 4.80. The summed E-state index contributed by atoms with van der Waals surface area (Å²) in [5.41, 5.74) is 2.77. The van der Waals surface area contributed by atoms with E-state index in [9.17, 15) is 14.4 Å². The molecule has 0 unspecified atom stereocenters. The molecule has 1 aromatic carbocycles. The van der Waals surface area contributed by atoms with Crippen LogP contribution in [0.1, 0.15) is 30.9 Å². The predicted molar refractivity (Wildman–Crippen MR) is 91.2 cm³/mol. The minimum Gasteiger partial charge on any atom is -0.324 e. The van der Waals surface area contributed by atoms with Gasteiger partial charge >= 0.3 is 0 Å². The van der Waals surface area contributed by atoms with Crippen LogP contribution in [0.4, 0.5) is 5.69 Å². The molecule has 1 aromatic rings. The lowest BCUT2D eigenvalue weighted by molar-refractivity contribution is -0.146. The van der Waals surface area contributed by atoms with Crippen molar-refractivity contribution in [1.29, 1.82) is 0 Å². The number of fused-ring (bicyclic) bond motifs is 1. The number of rotatable bonds is 3. The number of anilines is 1. The van der Waals surface area contributed by atoms with Crippen LogP contribution >= 0.6 is 0 Å². The summed E-state index contributed by atoms with van der Waals surface area (Å²) < 4.78 is 0. The van der Waals surface area contributed by atoms with Crippen LogP contribution in [-0.4, -0.2) is 28.7 Å². The molecule has 0 spiro atoms. The SMILES string of the molecule is Cc1cc(C)cc(NC(=O)[C@H](C)N2C(=O)[C@H]3CC=CC[C@@H]3C2=O)c1. The number of amides is 3. The second-order valence-electron chi connectivity index (χ2n) is 6.74. The molecule has 0 saturated carbocycles. The summed E-state index contributed by atoms with van der Waals surface area (Å²) in [5.74, 6) is -1.40. The van der Waals surface area contributed by atoms with E-state index in [2.05, 4.69) is 5.32 Å². The highest BCUT2D eigenvalue weighted by molar-refractivity contribution is 6.10. The number of imide groups is 1. The fraction of sp³-hybridized carbons (Fsp3) is 0.421. The van der Waals surface area contributed by atoms with Gasteiger partial charge in [-0.25, -0.2) is 0 Å². The Morgan fingerprint density at radius 2 is 1.54 bits per heavy atom. The third kappa shape index (κ3) is 2.86. The van der Waals surface area contributed by atoms with Crippen molar-refractivity contribution in [2.24, 2.45) is 11.8 Å². The minimum atomic E-state index is -0.809. The summed E-state index contributed by atoms with van der Waals surface area (Å²) in [4.78, 5) is 38.8. The molecule has 24 heavy (non-hydrogen) atoms. The summed E-state index contributed by atoms with van der Waals surface area (Å²) in [7, 11) is 0. The molecule has 5 heteroatoms. The molecule has 3 rings (SSSR count). The van der Waals surface area contributed by atoms with Crippen molar-refractivity contribution in [1.82, 2.24) is 4.90 Å². The monoisotopic (exact) mass is 326 g/mol. The smallest absolute Gasteiger partial charge is 0.247 e. The normalized spacial score (nSPS) is 24.0. The number of hydrogen-bond acceptors (Lipinski definition) is 3. The van der Waals surface area contributed by atoms with E-state index in [4.69, 9.17) is 0 Å². The van der Waals surface area contributed by atoms with Crippen LogP contribution in [0, 0.1) is 25.7 Å². The van der Waals surface area contributed by atoms with E-state index in [0.717, 1.165) is 16.0 Å². The highest BCUT2D eigenvalue weighted by atomic mass is 16.2. The standard InChI is InChI=1S/C19H22N2O3/c1-11-8-12(2)10-14(9-11)20-17(22)13(3)21-18(23)15-6-4-5-7-16(15)19(21)24/h4-5,8-10,13,15-16H,6-7H2,1-3H3,(H,20,22)/t13-,15-,16-/m0/s1. The lowest BCUT2D eigenvalue weighted by Gasteiger charge is -2.22. The second-order valence-corrected chi connectivity index (χ2v) is 6.74. The van der Waals surface area contributed by atoms with Gasteiger partial charge in [0.15, 0.2) is 0 Å². The van der Waals surface area contributed by atoms with Gasteiger partial charge in [-0.3, -0.25) is 19.3 Å². The maximum absolute atomic E-state index is 12.5. The van der Waals surface area contributed by atoms with Gasteiger partial charge in [0, 0.05) is 5.69 Å². The number of carbonyl (C=O) groups is 3. The highest BCUT2D eigenvalue weighted by Crippen LogP contribution is 2.36. The van der Waals surface area contributed by atoms with Gasteiger partial charge in [-0.15, -0.1) is 0 Å². The van der Waals surface area contributed by atoms with Crippen LogP contribution in [0.25, 0.3) is 0 Å². The molecule has 0 aromatic heterocycles. The Balaban J connectivity index is 1.76. The number of aryl methyl sites for hydroxylation is 2. The first-order valence-corrected chi connectivity index (χ1v) is 8.29. The van der Waals surface area contributed by atoms with Crippen molar-refractivity contribution in [2.75, 3.05) is 5.32 Å². The average molecular weight is 326 g/mol. The lowest BCUT2D eigenvalue weighted by atomic mass is 9.85. The first-order valence-electron chi connectivity index (χ1n) is 8.29. The molecule has 1 fully saturated rings. The number of likely N-dealkylation sites (tertiary alicyclic amines) is 1. The number of nitrogens with one attached hydrogen (secondary N) is 1. The van der Waals surface area contributed by atoms with Crippen molar-refractivity contribution in [2.45, 2.75) is 39.7 Å². The Morgan fingerprint density at radius 3 is 2.04 bits per heavy atom. The molecule has 1 heterocycles. The molecule has 1 aliphatic carbocycles. The summed E-state index contributed by atoms with van der Waals surface area (Å²) in [6, 6.07) is 4.95. The lowest BCUT2D eigenvalue weighted by Crippen LogP contribution is -2.46. The van der Waals surface area contributed by atoms with Gasteiger partial charge < -0.3 is 5.32 Å². The van der Waals surface area contributed by atoms with Gasteiger partial charge in [-0.05, 0) is 56.9 Å². The maximum Gasteiger partial charge on any atom is 0.247 e. The van der Waals surface area contributed by atoms with Gasteiger partial charge in [0.1, 0.15) is 6.04 Å². The molecule has 2 aliphatic rings. The minimum absolute atomic E-state index is 0.225. The largest absolute Gasteiger partial charge is 0.324 e. The van der Waals surface area contributed by atoms with Crippen LogP contribution in [0.2, 0.25) is 0 Å². The fourth-order valence-electron chi connectivity index (χ4n) is 3.62. The fourth-order valence-corrected chi connectivity index (χ4v) is 3.62. The van der Waals surface area contributed by atoms with E-state index in [-0.39, 0.29) is 29.6 Å². The molecule has 1 aliphatic heterocycles. The molecule has 0 radical (unpaired) electrons. The Kier molecular flexibility index (Phi) is 4.26. The average Bonchev–Trinajstić information content (AvgIpc) is 2.77. The summed E-state index contributed by atoms with van der Waals surface area (Å²) in [5, 5.41) is 2.82. The molecule has 3 amide bonds. The van der Waals surface area contributed by atoms with Crippen LogP contribution in [0.15, 0.2) is 30.4 Å².